The normalized spacial score (nSPS) is 25.0. The smallest absolute Gasteiger partial charge is 0.349 e. The highest BCUT2D eigenvalue weighted by atomic mass is 35.5. The molecule has 170 valence electrons. The largest absolute Gasteiger partial charge is 0.418 e. The Morgan fingerprint density at radius 1 is 1.12 bits per heavy atom. The SMILES string of the molecule is CCC(NC(=O)c1ccc(Cl)cc1)C1[C@H]2CC(NC(=O)c3ncccc3C(F)(F)F)C[C@@H]12. The molecule has 2 amide bonds. The van der Waals surface area contributed by atoms with E-state index in [-0.39, 0.29) is 18.0 Å². The van der Waals surface area contributed by atoms with E-state index < -0.39 is 23.3 Å². The molecule has 2 N–H and O–H groups in total. The van der Waals surface area contributed by atoms with Gasteiger partial charge in [-0.25, -0.2) is 0 Å². The first-order valence-corrected chi connectivity index (χ1v) is 11.0. The first-order chi connectivity index (χ1) is 15.2. The lowest BCUT2D eigenvalue weighted by atomic mass is 9.98. The zero-order valence-electron chi connectivity index (χ0n) is 17.3. The Labute approximate surface area is 188 Å². The van der Waals surface area contributed by atoms with Gasteiger partial charge in [0.2, 0.25) is 0 Å². The molecule has 5 nitrogen and oxygen atoms in total. The summed E-state index contributed by atoms with van der Waals surface area (Å²) in [5, 5.41) is 6.37. The number of fused-ring (bicyclic) bond motifs is 1. The molecule has 2 saturated carbocycles. The number of hydrogen-bond acceptors (Lipinski definition) is 3. The van der Waals surface area contributed by atoms with E-state index in [0.717, 1.165) is 18.6 Å². The Kier molecular flexibility index (Phi) is 6.16. The predicted molar refractivity (Wildman–Crippen MR) is 113 cm³/mol. The number of carbonyl (C=O) groups excluding carboxylic acids is 2. The van der Waals surface area contributed by atoms with Crippen LogP contribution in [0.1, 0.15) is 52.6 Å². The molecule has 4 rings (SSSR count). The van der Waals surface area contributed by atoms with Crippen LogP contribution in [0.2, 0.25) is 5.02 Å². The summed E-state index contributed by atoms with van der Waals surface area (Å²) in [6.07, 6.45) is -1.32. The van der Waals surface area contributed by atoms with Crippen molar-refractivity contribution in [3.05, 3.63) is 64.4 Å². The lowest BCUT2D eigenvalue weighted by Gasteiger charge is -2.22. The fourth-order valence-electron chi connectivity index (χ4n) is 5.00. The average Bonchev–Trinajstić information content (AvgIpc) is 3.25. The molecule has 2 aliphatic carbocycles. The van der Waals surface area contributed by atoms with Crippen LogP contribution in [0.25, 0.3) is 0 Å². The summed E-state index contributed by atoms with van der Waals surface area (Å²) in [5.74, 6) is 0.0233. The van der Waals surface area contributed by atoms with E-state index in [9.17, 15) is 22.8 Å². The van der Waals surface area contributed by atoms with E-state index in [2.05, 4.69) is 15.6 Å². The number of halogens is 4. The first kappa shape index (κ1) is 22.6. The van der Waals surface area contributed by atoms with Crippen molar-refractivity contribution in [2.24, 2.45) is 17.8 Å². The van der Waals surface area contributed by atoms with Crippen LogP contribution < -0.4 is 10.6 Å². The van der Waals surface area contributed by atoms with Gasteiger partial charge in [-0.2, -0.15) is 13.2 Å². The summed E-state index contributed by atoms with van der Waals surface area (Å²) in [7, 11) is 0. The number of nitrogens with zero attached hydrogens (tertiary/aromatic N) is 1. The molecule has 2 aliphatic rings. The molecule has 1 aromatic heterocycles. The fraction of sp³-hybridized carbons (Fsp3) is 0.435. The number of pyridine rings is 1. The molecule has 9 heteroatoms. The number of rotatable bonds is 6. The van der Waals surface area contributed by atoms with Crippen LogP contribution >= 0.6 is 11.6 Å². The van der Waals surface area contributed by atoms with Crippen molar-refractivity contribution in [1.29, 1.82) is 0 Å². The van der Waals surface area contributed by atoms with E-state index in [1.54, 1.807) is 24.3 Å². The highest BCUT2D eigenvalue weighted by molar-refractivity contribution is 6.30. The van der Waals surface area contributed by atoms with Crippen molar-refractivity contribution < 1.29 is 22.8 Å². The van der Waals surface area contributed by atoms with Crippen molar-refractivity contribution in [3.8, 4) is 0 Å². The molecule has 2 fully saturated rings. The average molecular weight is 466 g/mol. The van der Waals surface area contributed by atoms with Gasteiger partial charge in [0.25, 0.3) is 11.8 Å². The van der Waals surface area contributed by atoms with Gasteiger partial charge < -0.3 is 10.6 Å². The van der Waals surface area contributed by atoms with E-state index in [1.807, 2.05) is 6.92 Å². The molecule has 3 unspecified atom stereocenters. The minimum Gasteiger partial charge on any atom is -0.349 e. The fourth-order valence-corrected chi connectivity index (χ4v) is 5.12. The maximum Gasteiger partial charge on any atom is 0.418 e. The highest BCUT2D eigenvalue weighted by Gasteiger charge is 2.58. The maximum absolute atomic E-state index is 13.2. The molecule has 1 heterocycles. The van der Waals surface area contributed by atoms with Crippen molar-refractivity contribution in [2.45, 2.75) is 44.4 Å². The Morgan fingerprint density at radius 3 is 2.38 bits per heavy atom. The predicted octanol–water partition coefficient (Wildman–Crippen LogP) is 4.72. The quantitative estimate of drug-likeness (QED) is 0.648. The number of carbonyl (C=O) groups is 2. The van der Waals surface area contributed by atoms with Gasteiger partial charge in [-0.15, -0.1) is 0 Å². The molecule has 0 saturated heterocycles. The third kappa shape index (κ3) is 4.60. The minimum absolute atomic E-state index is 0.0115. The molecule has 1 aromatic carbocycles. The van der Waals surface area contributed by atoms with E-state index in [0.29, 0.717) is 41.2 Å². The second-order valence-corrected chi connectivity index (χ2v) is 8.88. The lowest BCUT2D eigenvalue weighted by Crippen LogP contribution is -2.40. The van der Waals surface area contributed by atoms with Gasteiger partial charge in [0.05, 0.1) is 5.56 Å². The number of amides is 2. The molecule has 0 bridgehead atoms. The zero-order chi connectivity index (χ0) is 23.0. The van der Waals surface area contributed by atoms with Gasteiger partial charge in [-0.3, -0.25) is 14.6 Å². The molecular weight excluding hydrogens is 443 g/mol. The van der Waals surface area contributed by atoms with Crippen LogP contribution in [0.4, 0.5) is 13.2 Å². The molecular formula is C23H23ClF3N3O2. The summed E-state index contributed by atoms with van der Waals surface area (Å²) in [4.78, 5) is 28.6. The second-order valence-electron chi connectivity index (χ2n) is 8.44. The van der Waals surface area contributed by atoms with Gasteiger partial charge in [-0.1, -0.05) is 18.5 Å². The van der Waals surface area contributed by atoms with Gasteiger partial charge in [0, 0.05) is 28.9 Å². The number of nitrogens with one attached hydrogen (secondary N) is 2. The van der Waals surface area contributed by atoms with Crippen molar-refractivity contribution in [1.82, 2.24) is 15.6 Å². The molecule has 0 radical (unpaired) electrons. The lowest BCUT2D eigenvalue weighted by molar-refractivity contribution is -0.138. The first-order valence-electron chi connectivity index (χ1n) is 10.6. The molecule has 32 heavy (non-hydrogen) atoms. The Morgan fingerprint density at radius 2 is 1.78 bits per heavy atom. The van der Waals surface area contributed by atoms with Crippen LogP contribution in [0.15, 0.2) is 42.6 Å². The number of alkyl halides is 3. The summed E-state index contributed by atoms with van der Waals surface area (Å²) in [6, 6.07) is 8.54. The van der Waals surface area contributed by atoms with Crippen molar-refractivity contribution in [2.75, 3.05) is 0 Å². The topological polar surface area (TPSA) is 71.1 Å². The summed E-state index contributed by atoms with van der Waals surface area (Å²) < 4.78 is 39.5. The van der Waals surface area contributed by atoms with Gasteiger partial charge >= 0.3 is 6.18 Å². The van der Waals surface area contributed by atoms with Crippen LogP contribution in [0.5, 0.6) is 0 Å². The van der Waals surface area contributed by atoms with Crippen LogP contribution in [-0.2, 0) is 6.18 Å². The summed E-state index contributed by atoms with van der Waals surface area (Å²) in [5.41, 5.74) is -1.09. The van der Waals surface area contributed by atoms with Crippen LogP contribution in [0.3, 0.4) is 0 Å². The van der Waals surface area contributed by atoms with Gasteiger partial charge in [-0.05, 0) is 73.4 Å². The van der Waals surface area contributed by atoms with Crippen LogP contribution in [-0.4, -0.2) is 28.9 Å². The molecule has 2 aromatic rings. The summed E-state index contributed by atoms with van der Waals surface area (Å²) in [6.45, 7) is 2.01. The number of aromatic nitrogens is 1. The molecule has 0 spiro atoms. The summed E-state index contributed by atoms with van der Waals surface area (Å²) >= 11 is 5.87. The molecule has 5 atom stereocenters. The molecule has 0 aliphatic heterocycles. The highest BCUT2D eigenvalue weighted by Crippen LogP contribution is 2.59. The standard InChI is InChI=1S/C23H23ClF3N3O2/c1-2-18(30-21(31)12-5-7-13(24)8-6-12)19-15-10-14(11-16(15)19)29-22(32)20-17(23(25,26)27)4-3-9-28-20/h3-9,14-16,18-19H,2,10-11H2,1H3,(H,29,32)(H,30,31)/t14?,15-,16+,18?,19?. The third-order valence-electron chi connectivity index (χ3n) is 6.50. The minimum atomic E-state index is -4.64. The zero-order valence-corrected chi connectivity index (χ0v) is 18.1. The van der Waals surface area contributed by atoms with Gasteiger partial charge in [0.15, 0.2) is 0 Å². The van der Waals surface area contributed by atoms with Gasteiger partial charge in [0.1, 0.15) is 5.69 Å². The van der Waals surface area contributed by atoms with Crippen LogP contribution in [0, 0.1) is 17.8 Å². The Balaban J connectivity index is 1.33. The number of benzene rings is 1. The van der Waals surface area contributed by atoms with E-state index >= 15 is 0 Å². The Hall–Kier alpha value is -2.61. The van der Waals surface area contributed by atoms with E-state index in [1.165, 1.54) is 6.20 Å². The van der Waals surface area contributed by atoms with Crippen molar-refractivity contribution in [3.63, 3.8) is 0 Å². The Bertz CT molecular complexity index is 1000. The third-order valence-corrected chi connectivity index (χ3v) is 6.75. The second kappa shape index (κ2) is 8.73. The van der Waals surface area contributed by atoms with E-state index in [4.69, 9.17) is 11.6 Å². The van der Waals surface area contributed by atoms with Crippen molar-refractivity contribution >= 4 is 23.4 Å². The monoisotopic (exact) mass is 465 g/mol. The number of hydrogen-bond donors (Lipinski definition) is 2. The maximum atomic E-state index is 13.2.